The van der Waals surface area contributed by atoms with E-state index < -0.39 is 0 Å². The molecule has 0 aliphatic rings. The number of hydrogen-bond donors (Lipinski definition) is 1. The Bertz CT molecular complexity index is 499. The molecular weight excluding hydrogens is 254 g/mol. The van der Waals surface area contributed by atoms with Gasteiger partial charge in [-0.15, -0.1) is 11.3 Å². The highest BCUT2D eigenvalue weighted by molar-refractivity contribution is 7.10. The second kappa shape index (κ2) is 6.24. The highest BCUT2D eigenvalue weighted by Crippen LogP contribution is 2.29. The molecule has 19 heavy (non-hydrogen) atoms. The largest absolute Gasteiger partial charge is 0.355 e. The summed E-state index contributed by atoms with van der Waals surface area (Å²) in [5, 5.41) is 5.61. The van der Waals surface area contributed by atoms with Crippen molar-refractivity contribution < 1.29 is 0 Å². The van der Waals surface area contributed by atoms with Crippen molar-refractivity contribution in [3.8, 4) is 0 Å². The lowest BCUT2D eigenvalue weighted by Crippen LogP contribution is -2.15. The topological polar surface area (TPSA) is 29.9 Å². The predicted octanol–water partition coefficient (Wildman–Crippen LogP) is 4.32. The SMILES string of the molecule is CCC(c1cccs1)n1cc(C)nc1NCC(C)C. The minimum absolute atomic E-state index is 0.385. The van der Waals surface area contributed by atoms with Gasteiger partial charge in [-0.1, -0.05) is 26.8 Å². The maximum Gasteiger partial charge on any atom is 0.203 e. The van der Waals surface area contributed by atoms with Crippen molar-refractivity contribution in [3.63, 3.8) is 0 Å². The summed E-state index contributed by atoms with van der Waals surface area (Å²) in [6.45, 7) is 9.66. The second-order valence-corrected chi connectivity index (χ2v) is 6.31. The zero-order chi connectivity index (χ0) is 13.8. The fourth-order valence-electron chi connectivity index (χ4n) is 2.20. The van der Waals surface area contributed by atoms with Crippen LogP contribution in [0.3, 0.4) is 0 Å². The fourth-order valence-corrected chi connectivity index (χ4v) is 3.10. The number of aromatic nitrogens is 2. The van der Waals surface area contributed by atoms with Crippen molar-refractivity contribution >= 4 is 17.3 Å². The van der Waals surface area contributed by atoms with E-state index in [1.165, 1.54) is 4.88 Å². The molecule has 0 saturated heterocycles. The lowest BCUT2D eigenvalue weighted by atomic mass is 10.2. The molecule has 0 spiro atoms. The molecule has 2 rings (SSSR count). The maximum absolute atomic E-state index is 4.62. The summed E-state index contributed by atoms with van der Waals surface area (Å²) < 4.78 is 2.28. The number of rotatable bonds is 6. The maximum atomic E-state index is 4.62. The Labute approximate surface area is 119 Å². The van der Waals surface area contributed by atoms with Crippen LogP contribution in [0.5, 0.6) is 0 Å². The van der Waals surface area contributed by atoms with Gasteiger partial charge in [0.05, 0.1) is 11.7 Å². The van der Waals surface area contributed by atoms with Crippen LogP contribution in [-0.2, 0) is 0 Å². The highest BCUT2D eigenvalue weighted by Gasteiger charge is 2.17. The van der Waals surface area contributed by atoms with Gasteiger partial charge in [0.15, 0.2) is 0 Å². The number of anilines is 1. The minimum atomic E-state index is 0.385. The number of nitrogens with one attached hydrogen (secondary N) is 1. The van der Waals surface area contributed by atoms with Crippen LogP contribution >= 0.6 is 11.3 Å². The molecule has 1 N–H and O–H groups in total. The van der Waals surface area contributed by atoms with E-state index in [4.69, 9.17) is 0 Å². The van der Waals surface area contributed by atoms with Crippen molar-refractivity contribution in [1.29, 1.82) is 0 Å². The van der Waals surface area contributed by atoms with Gasteiger partial charge in [-0.25, -0.2) is 4.98 Å². The van der Waals surface area contributed by atoms with Gasteiger partial charge < -0.3 is 9.88 Å². The van der Waals surface area contributed by atoms with Crippen molar-refractivity contribution in [2.45, 2.75) is 40.2 Å². The van der Waals surface area contributed by atoms with Gasteiger partial charge in [-0.3, -0.25) is 0 Å². The summed E-state index contributed by atoms with van der Waals surface area (Å²) in [6.07, 6.45) is 3.23. The monoisotopic (exact) mass is 277 g/mol. The molecule has 0 radical (unpaired) electrons. The molecule has 0 fully saturated rings. The van der Waals surface area contributed by atoms with Gasteiger partial charge >= 0.3 is 0 Å². The van der Waals surface area contributed by atoms with Gasteiger partial charge in [0.2, 0.25) is 5.95 Å². The Balaban J connectivity index is 2.27. The molecule has 2 aromatic rings. The van der Waals surface area contributed by atoms with E-state index in [1.54, 1.807) is 0 Å². The number of thiophene rings is 1. The van der Waals surface area contributed by atoms with Crippen LogP contribution in [0.4, 0.5) is 5.95 Å². The lowest BCUT2D eigenvalue weighted by Gasteiger charge is -2.19. The summed E-state index contributed by atoms with van der Waals surface area (Å²) in [6, 6.07) is 4.71. The number of aryl methyl sites for hydroxylation is 1. The Hall–Kier alpha value is -1.29. The molecule has 1 unspecified atom stereocenters. The second-order valence-electron chi connectivity index (χ2n) is 5.33. The molecule has 1 atom stereocenters. The zero-order valence-corrected chi connectivity index (χ0v) is 13.0. The first-order chi connectivity index (χ1) is 9.11. The quantitative estimate of drug-likeness (QED) is 0.852. The first-order valence-electron chi connectivity index (χ1n) is 6.94. The van der Waals surface area contributed by atoms with Gasteiger partial charge in [0, 0.05) is 17.6 Å². The Morgan fingerprint density at radius 1 is 1.42 bits per heavy atom. The first kappa shape index (κ1) is 14.1. The van der Waals surface area contributed by atoms with Crippen LogP contribution in [-0.4, -0.2) is 16.1 Å². The van der Waals surface area contributed by atoms with Crippen LogP contribution in [0.25, 0.3) is 0 Å². The summed E-state index contributed by atoms with van der Waals surface area (Å²) in [5.74, 6) is 1.61. The molecular formula is C15H23N3S. The molecule has 0 amide bonds. The van der Waals surface area contributed by atoms with E-state index in [2.05, 4.69) is 66.3 Å². The van der Waals surface area contributed by atoms with E-state index >= 15 is 0 Å². The van der Waals surface area contributed by atoms with E-state index in [1.807, 2.05) is 11.3 Å². The lowest BCUT2D eigenvalue weighted by molar-refractivity contribution is 0.575. The normalized spacial score (nSPS) is 12.9. The van der Waals surface area contributed by atoms with Crippen LogP contribution in [0.15, 0.2) is 23.7 Å². The minimum Gasteiger partial charge on any atom is -0.355 e. The van der Waals surface area contributed by atoms with Crippen LogP contribution in [0.2, 0.25) is 0 Å². The number of nitrogens with zero attached hydrogens (tertiary/aromatic N) is 2. The third-order valence-electron chi connectivity index (χ3n) is 3.12. The summed E-state index contributed by atoms with van der Waals surface area (Å²) in [4.78, 5) is 6.01. The van der Waals surface area contributed by atoms with E-state index in [0.29, 0.717) is 12.0 Å². The van der Waals surface area contributed by atoms with E-state index in [9.17, 15) is 0 Å². The number of imidazole rings is 1. The molecule has 2 aromatic heterocycles. The molecule has 0 aliphatic heterocycles. The van der Waals surface area contributed by atoms with Crippen molar-refractivity contribution in [2.24, 2.45) is 5.92 Å². The summed E-state index contributed by atoms with van der Waals surface area (Å²) in [5.41, 5.74) is 1.07. The summed E-state index contributed by atoms with van der Waals surface area (Å²) >= 11 is 1.82. The average molecular weight is 277 g/mol. The molecule has 0 aliphatic carbocycles. The predicted molar refractivity (Wildman–Crippen MR) is 83.0 cm³/mol. The highest BCUT2D eigenvalue weighted by atomic mass is 32.1. The molecule has 0 bridgehead atoms. The van der Waals surface area contributed by atoms with Crippen molar-refractivity contribution in [2.75, 3.05) is 11.9 Å². The van der Waals surface area contributed by atoms with Gasteiger partial charge in [-0.05, 0) is 30.7 Å². The Morgan fingerprint density at radius 2 is 2.21 bits per heavy atom. The fraction of sp³-hybridized carbons (Fsp3) is 0.533. The average Bonchev–Trinajstić information content (AvgIpc) is 2.98. The molecule has 3 nitrogen and oxygen atoms in total. The van der Waals surface area contributed by atoms with Gasteiger partial charge in [-0.2, -0.15) is 0 Å². The van der Waals surface area contributed by atoms with Crippen LogP contribution in [0, 0.1) is 12.8 Å². The standard InChI is InChI=1S/C15H23N3S/c1-5-13(14-7-6-8-19-14)18-10-12(4)17-15(18)16-9-11(2)3/h6-8,10-11,13H,5,9H2,1-4H3,(H,16,17). The van der Waals surface area contributed by atoms with Crippen molar-refractivity contribution in [3.05, 3.63) is 34.3 Å². The van der Waals surface area contributed by atoms with Crippen LogP contribution < -0.4 is 5.32 Å². The molecule has 2 heterocycles. The molecule has 0 aromatic carbocycles. The van der Waals surface area contributed by atoms with Crippen LogP contribution in [0.1, 0.15) is 43.8 Å². The van der Waals surface area contributed by atoms with Crippen molar-refractivity contribution in [1.82, 2.24) is 9.55 Å². The molecule has 104 valence electrons. The Morgan fingerprint density at radius 3 is 2.79 bits per heavy atom. The van der Waals surface area contributed by atoms with Gasteiger partial charge in [0.25, 0.3) is 0 Å². The molecule has 0 saturated carbocycles. The number of hydrogen-bond acceptors (Lipinski definition) is 3. The third kappa shape index (κ3) is 3.38. The van der Waals surface area contributed by atoms with E-state index in [-0.39, 0.29) is 0 Å². The first-order valence-corrected chi connectivity index (χ1v) is 7.82. The molecule has 4 heteroatoms. The van der Waals surface area contributed by atoms with Gasteiger partial charge in [0.1, 0.15) is 0 Å². The zero-order valence-electron chi connectivity index (χ0n) is 12.2. The third-order valence-corrected chi connectivity index (χ3v) is 4.09. The summed E-state index contributed by atoms with van der Waals surface area (Å²) in [7, 11) is 0. The smallest absolute Gasteiger partial charge is 0.203 e. The van der Waals surface area contributed by atoms with E-state index in [0.717, 1.165) is 24.6 Å². The Kier molecular flexibility index (Phi) is 4.64.